The molecule has 1 rings (SSSR count). The largest absolute Gasteiger partial charge is 0.384 e. The van der Waals surface area contributed by atoms with Gasteiger partial charge >= 0.3 is 0 Å². The quantitative estimate of drug-likeness (QED) is 0.671. The molecule has 76 valence electrons. The summed E-state index contributed by atoms with van der Waals surface area (Å²) in [4.78, 5) is 0. The molecule has 1 aromatic carbocycles. The zero-order chi connectivity index (χ0) is 11.1. The topological polar surface area (TPSA) is 35.8 Å². The third-order valence-electron chi connectivity index (χ3n) is 1.78. The van der Waals surface area contributed by atoms with Crippen molar-refractivity contribution in [3.63, 3.8) is 0 Å². The lowest BCUT2D eigenvalue weighted by atomic mass is 10.2. The van der Waals surface area contributed by atoms with Crippen molar-refractivity contribution in [2.45, 2.75) is 13.3 Å². The Hall–Kier alpha value is -1.45. The second kappa shape index (κ2) is 6.11. The van der Waals surface area contributed by atoms with E-state index in [-0.39, 0.29) is 0 Å². The van der Waals surface area contributed by atoms with Crippen molar-refractivity contribution in [1.29, 1.82) is 5.26 Å². The predicted molar refractivity (Wildman–Crippen MR) is 65.4 cm³/mol. The third-order valence-corrected chi connectivity index (χ3v) is 2.24. The summed E-state index contributed by atoms with van der Waals surface area (Å²) in [6.45, 7) is 2.62. The molecule has 0 heterocycles. The summed E-state index contributed by atoms with van der Waals surface area (Å²) in [5.74, 6) is 5.81. The van der Waals surface area contributed by atoms with E-state index in [0.717, 1.165) is 23.1 Å². The Morgan fingerprint density at radius 3 is 2.87 bits per heavy atom. The minimum Gasteiger partial charge on any atom is -0.384 e. The molecule has 0 saturated heterocycles. The molecule has 0 radical (unpaired) electrons. The SMILES string of the molecule is CC#CCCNc1cc(Br)cc(C#N)c1. The van der Waals surface area contributed by atoms with Crippen molar-refractivity contribution in [3.05, 3.63) is 28.2 Å². The Kier molecular flexibility index (Phi) is 4.74. The molecule has 0 aliphatic heterocycles. The maximum Gasteiger partial charge on any atom is 0.0992 e. The minimum absolute atomic E-state index is 0.647. The van der Waals surface area contributed by atoms with Crippen LogP contribution >= 0.6 is 15.9 Å². The second-order valence-electron chi connectivity index (χ2n) is 2.94. The van der Waals surface area contributed by atoms with Gasteiger partial charge in [0.2, 0.25) is 0 Å². The van der Waals surface area contributed by atoms with Crippen molar-refractivity contribution in [2.24, 2.45) is 0 Å². The molecule has 2 nitrogen and oxygen atoms in total. The van der Waals surface area contributed by atoms with Gasteiger partial charge in [-0.25, -0.2) is 0 Å². The van der Waals surface area contributed by atoms with Crippen LogP contribution in [0.15, 0.2) is 22.7 Å². The lowest BCUT2D eigenvalue weighted by Crippen LogP contribution is -2.00. The van der Waals surface area contributed by atoms with Gasteiger partial charge in [-0.3, -0.25) is 0 Å². The number of nitrogens with zero attached hydrogens (tertiary/aromatic N) is 1. The number of nitriles is 1. The van der Waals surface area contributed by atoms with Crippen molar-refractivity contribution in [1.82, 2.24) is 0 Å². The van der Waals surface area contributed by atoms with Crippen LogP contribution in [0, 0.1) is 23.2 Å². The zero-order valence-electron chi connectivity index (χ0n) is 8.47. The number of benzene rings is 1. The first kappa shape index (κ1) is 11.6. The van der Waals surface area contributed by atoms with Crippen molar-refractivity contribution in [2.75, 3.05) is 11.9 Å². The van der Waals surface area contributed by atoms with Gasteiger partial charge in [-0.2, -0.15) is 5.26 Å². The Labute approximate surface area is 98.4 Å². The van der Waals surface area contributed by atoms with Crippen LogP contribution in [0.5, 0.6) is 0 Å². The van der Waals surface area contributed by atoms with Gasteiger partial charge < -0.3 is 5.32 Å². The first-order valence-electron chi connectivity index (χ1n) is 4.60. The van der Waals surface area contributed by atoms with Gasteiger partial charge in [0, 0.05) is 23.1 Å². The Morgan fingerprint density at radius 2 is 2.20 bits per heavy atom. The molecular weight excluding hydrogens is 252 g/mol. The van der Waals surface area contributed by atoms with Crippen LogP contribution in [0.25, 0.3) is 0 Å². The molecule has 0 spiro atoms. The van der Waals surface area contributed by atoms with Gasteiger partial charge in [-0.1, -0.05) is 15.9 Å². The molecule has 0 unspecified atom stereocenters. The van der Waals surface area contributed by atoms with E-state index in [0.29, 0.717) is 5.56 Å². The summed E-state index contributed by atoms with van der Waals surface area (Å²) >= 11 is 3.36. The maximum absolute atomic E-state index is 8.78. The first-order valence-corrected chi connectivity index (χ1v) is 5.39. The van der Waals surface area contributed by atoms with E-state index in [4.69, 9.17) is 5.26 Å². The summed E-state index contributed by atoms with van der Waals surface area (Å²) in [6, 6.07) is 7.67. The molecule has 0 atom stereocenters. The van der Waals surface area contributed by atoms with Gasteiger partial charge in [0.1, 0.15) is 0 Å². The van der Waals surface area contributed by atoms with Crippen LogP contribution in [0.1, 0.15) is 18.9 Å². The summed E-state index contributed by atoms with van der Waals surface area (Å²) in [7, 11) is 0. The molecule has 3 heteroatoms. The number of hydrogen-bond acceptors (Lipinski definition) is 2. The van der Waals surface area contributed by atoms with Crippen molar-refractivity contribution in [3.8, 4) is 17.9 Å². The number of anilines is 1. The number of halogens is 1. The van der Waals surface area contributed by atoms with Crippen LogP contribution in [0.2, 0.25) is 0 Å². The van der Waals surface area contributed by atoms with Crippen molar-refractivity contribution < 1.29 is 0 Å². The van der Waals surface area contributed by atoms with E-state index in [9.17, 15) is 0 Å². The highest BCUT2D eigenvalue weighted by molar-refractivity contribution is 9.10. The van der Waals surface area contributed by atoms with E-state index >= 15 is 0 Å². The predicted octanol–water partition coefficient (Wildman–Crippen LogP) is 3.15. The fourth-order valence-electron chi connectivity index (χ4n) is 1.15. The Balaban J connectivity index is 2.64. The van der Waals surface area contributed by atoms with Crippen LogP contribution in [-0.2, 0) is 0 Å². The first-order chi connectivity index (χ1) is 7.26. The third kappa shape index (κ3) is 4.06. The number of rotatable bonds is 3. The Bertz CT molecular complexity index is 435. The zero-order valence-corrected chi connectivity index (χ0v) is 10.1. The molecule has 15 heavy (non-hydrogen) atoms. The van der Waals surface area contributed by atoms with Gasteiger partial charge in [-0.05, 0) is 25.1 Å². The highest BCUT2D eigenvalue weighted by atomic mass is 79.9. The molecule has 1 N–H and O–H groups in total. The number of hydrogen-bond donors (Lipinski definition) is 1. The van der Waals surface area contributed by atoms with E-state index in [1.165, 1.54) is 0 Å². The van der Waals surface area contributed by atoms with E-state index < -0.39 is 0 Å². The molecule has 1 aromatic rings. The highest BCUT2D eigenvalue weighted by Gasteiger charge is 1.97. The molecule has 0 aliphatic rings. The fraction of sp³-hybridized carbons (Fsp3) is 0.250. The van der Waals surface area contributed by atoms with Crippen LogP contribution in [-0.4, -0.2) is 6.54 Å². The molecule has 0 aliphatic carbocycles. The van der Waals surface area contributed by atoms with Crippen LogP contribution in [0.4, 0.5) is 5.69 Å². The summed E-state index contributed by atoms with van der Waals surface area (Å²) in [5.41, 5.74) is 1.59. The van der Waals surface area contributed by atoms with E-state index in [1.807, 2.05) is 19.1 Å². The molecule has 0 fully saturated rings. The molecular formula is C12H11BrN2. The van der Waals surface area contributed by atoms with E-state index in [2.05, 4.69) is 39.2 Å². The molecule has 0 saturated carbocycles. The molecule has 0 aromatic heterocycles. The second-order valence-corrected chi connectivity index (χ2v) is 3.86. The monoisotopic (exact) mass is 262 g/mol. The highest BCUT2D eigenvalue weighted by Crippen LogP contribution is 2.18. The standard InChI is InChI=1S/C12H11BrN2/c1-2-3-4-5-15-12-7-10(9-14)6-11(13)8-12/h6-8,15H,4-5H2,1H3. The molecule has 0 amide bonds. The Morgan fingerprint density at radius 1 is 1.40 bits per heavy atom. The average Bonchev–Trinajstić information content (AvgIpc) is 2.23. The van der Waals surface area contributed by atoms with Gasteiger partial charge in [0.15, 0.2) is 0 Å². The van der Waals surface area contributed by atoms with Gasteiger partial charge in [-0.15, -0.1) is 11.8 Å². The smallest absolute Gasteiger partial charge is 0.0992 e. The summed E-state index contributed by atoms with van der Waals surface area (Å²) in [6.07, 6.45) is 0.810. The maximum atomic E-state index is 8.78. The lowest BCUT2D eigenvalue weighted by Gasteiger charge is -2.04. The fourth-order valence-corrected chi connectivity index (χ4v) is 1.64. The summed E-state index contributed by atoms with van der Waals surface area (Å²) in [5, 5.41) is 12.0. The van der Waals surface area contributed by atoms with Crippen molar-refractivity contribution >= 4 is 21.6 Å². The average molecular weight is 263 g/mol. The number of nitrogens with one attached hydrogen (secondary N) is 1. The summed E-state index contributed by atoms with van der Waals surface area (Å²) < 4.78 is 0.908. The van der Waals surface area contributed by atoms with E-state index in [1.54, 1.807) is 6.07 Å². The minimum atomic E-state index is 0.647. The van der Waals surface area contributed by atoms with Crippen LogP contribution < -0.4 is 5.32 Å². The van der Waals surface area contributed by atoms with Gasteiger partial charge in [0.25, 0.3) is 0 Å². The van der Waals surface area contributed by atoms with Crippen LogP contribution in [0.3, 0.4) is 0 Å². The molecule has 0 bridgehead atoms. The van der Waals surface area contributed by atoms with Gasteiger partial charge in [0.05, 0.1) is 11.6 Å². The normalized spacial score (nSPS) is 8.60. The lowest BCUT2D eigenvalue weighted by molar-refractivity contribution is 1.09.